The summed E-state index contributed by atoms with van der Waals surface area (Å²) < 4.78 is 4.99. The van der Waals surface area contributed by atoms with Crippen molar-refractivity contribution in [3.8, 4) is 0 Å². The molecule has 0 aliphatic heterocycles. The van der Waals surface area contributed by atoms with Crippen molar-refractivity contribution in [2.75, 3.05) is 11.1 Å². The molecule has 1 aromatic rings. The van der Waals surface area contributed by atoms with Gasteiger partial charge in [-0.3, -0.25) is 5.32 Å². The van der Waals surface area contributed by atoms with Crippen LogP contribution in [0.5, 0.6) is 0 Å². The van der Waals surface area contributed by atoms with Crippen LogP contribution < -0.4 is 16.2 Å². The quantitative estimate of drug-likeness (QED) is 0.542. The summed E-state index contributed by atoms with van der Waals surface area (Å²) in [7, 11) is 0. The smallest absolute Gasteiger partial charge is 0.413 e. The second-order valence-corrected chi connectivity index (χ2v) is 4.91. The molecular formula is C10H13ClN5O3-. The van der Waals surface area contributed by atoms with E-state index in [0.29, 0.717) is 0 Å². The minimum Gasteiger partial charge on any atom is -0.858 e. The number of hydrogen-bond donors (Lipinski definition) is 3. The van der Waals surface area contributed by atoms with Gasteiger partial charge in [-0.25, -0.2) is 14.8 Å². The van der Waals surface area contributed by atoms with Gasteiger partial charge >= 0.3 is 6.09 Å². The number of nitrogens with two attached hydrogens (primary N) is 1. The van der Waals surface area contributed by atoms with Gasteiger partial charge in [0, 0.05) is 5.90 Å². The molecule has 0 saturated carbocycles. The Morgan fingerprint density at radius 2 is 2.05 bits per heavy atom. The van der Waals surface area contributed by atoms with E-state index in [1.54, 1.807) is 20.8 Å². The Morgan fingerprint density at radius 1 is 1.47 bits per heavy atom. The van der Waals surface area contributed by atoms with Gasteiger partial charge in [0.1, 0.15) is 11.3 Å². The highest BCUT2D eigenvalue weighted by Crippen LogP contribution is 2.21. The van der Waals surface area contributed by atoms with Crippen LogP contribution in [-0.2, 0) is 4.74 Å². The highest BCUT2D eigenvalue weighted by atomic mass is 35.5. The Hall–Kier alpha value is -2.09. The van der Waals surface area contributed by atoms with Crippen LogP contribution in [0.3, 0.4) is 0 Å². The van der Waals surface area contributed by atoms with Gasteiger partial charge in [0.05, 0.1) is 0 Å². The van der Waals surface area contributed by atoms with Crippen molar-refractivity contribution in [2.45, 2.75) is 26.4 Å². The van der Waals surface area contributed by atoms with Crippen LogP contribution in [0.15, 0.2) is 0 Å². The molecule has 1 amide bonds. The van der Waals surface area contributed by atoms with E-state index in [0.717, 1.165) is 0 Å². The first kappa shape index (κ1) is 15.0. The molecular weight excluding hydrogens is 274 g/mol. The Bertz CT molecular complexity index is 527. The summed E-state index contributed by atoms with van der Waals surface area (Å²) in [5.74, 6) is -1.55. The number of carbonyl (C=O) groups is 1. The van der Waals surface area contributed by atoms with Crippen LogP contribution in [0.4, 0.5) is 16.4 Å². The maximum atomic E-state index is 11.5. The molecule has 1 rings (SSSR count). The van der Waals surface area contributed by atoms with Crippen LogP contribution >= 0.6 is 11.6 Å². The number of nitrogens with one attached hydrogen (secondary N) is 2. The van der Waals surface area contributed by atoms with E-state index in [1.807, 2.05) is 0 Å². The Morgan fingerprint density at radius 3 is 2.53 bits per heavy atom. The first-order chi connectivity index (χ1) is 8.60. The summed E-state index contributed by atoms with van der Waals surface area (Å²) in [6.07, 6.45) is -0.784. The molecule has 0 spiro atoms. The molecule has 0 atom stereocenters. The van der Waals surface area contributed by atoms with E-state index in [-0.39, 0.29) is 22.5 Å². The van der Waals surface area contributed by atoms with Gasteiger partial charge in [-0.05, 0) is 20.8 Å². The molecule has 0 saturated heterocycles. The number of aromatic nitrogens is 2. The summed E-state index contributed by atoms with van der Waals surface area (Å²) in [6, 6.07) is 0. The summed E-state index contributed by atoms with van der Waals surface area (Å²) in [4.78, 5) is 18.8. The van der Waals surface area contributed by atoms with Gasteiger partial charge < -0.3 is 21.0 Å². The Labute approximate surface area is 114 Å². The molecule has 19 heavy (non-hydrogen) atoms. The highest BCUT2D eigenvalue weighted by molar-refractivity contribution is 6.32. The van der Waals surface area contributed by atoms with Crippen LogP contribution in [0.1, 0.15) is 26.5 Å². The lowest BCUT2D eigenvalue weighted by molar-refractivity contribution is -0.214. The molecule has 0 aromatic carbocycles. The number of ether oxygens (including phenoxy) is 1. The third-order valence-electron chi connectivity index (χ3n) is 1.71. The molecule has 9 heteroatoms. The first-order valence-electron chi connectivity index (χ1n) is 5.19. The van der Waals surface area contributed by atoms with Gasteiger partial charge in [0.15, 0.2) is 16.8 Å². The average molecular weight is 287 g/mol. The molecule has 8 nitrogen and oxygen atoms in total. The number of halogens is 1. The van der Waals surface area contributed by atoms with Crippen LogP contribution in [-0.4, -0.2) is 27.6 Å². The van der Waals surface area contributed by atoms with Crippen molar-refractivity contribution in [1.29, 1.82) is 5.41 Å². The normalized spacial score (nSPS) is 10.9. The molecule has 1 aromatic heterocycles. The molecule has 0 aliphatic rings. The summed E-state index contributed by atoms with van der Waals surface area (Å²) in [5, 5.41) is 19.7. The minimum atomic E-state index is -1.12. The second kappa shape index (κ2) is 5.27. The van der Waals surface area contributed by atoms with E-state index in [2.05, 4.69) is 15.3 Å². The Kier molecular flexibility index (Phi) is 4.15. The zero-order valence-corrected chi connectivity index (χ0v) is 11.3. The van der Waals surface area contributed by atoms with Crippen LogP contribution in [0.25, 0.3) is 0 Å². The topological polar surface area (TPSA) is 137 Å². The zero-order chi connectivity index (χ0) is 14.8. The first-order valence-corrected chi connectivity index (χ1v) is 5.57. The average Bonchev–Trinajstić information content (AvgIpc) is 2.19. The van der Waals surface area contributed by atoms with E-state index < -0.39 is 17.6 Å². The van der Waals surface area contributed by atoms with Crippen LogP contribution in [0, 0.1) is 5.41 Å². The molecule has 0 radical (unpaired) electrons. The molecule has 0 unspecified atom stereocenters. The van der Waals surface area contributed by atoms with Crippen molar-refractivity contribution >= 4 is 35.2 Å². The van der Waals surface area contributed by atoms with Crippen molar-refractivity contribution in [1.82, 2.24) is 9.97 Å². The fourth-order valence-corrected chi connectivity index (χ4v) is 1.25. The maximum absolute atomic E-state index is 11.5. The largest absolute Gasteiger partial charge is 0.858 e. The van der Waals surface area contributed by atoms with Crippen LogP contribution in [0.2, 0.25) is 5.15 Å². The number of hydrogen-bond acceptors (Lipinski definition) is 7. The lowest BCUT2D eigenvalue weighted by Gasteiger charge is -2.20. The maximum Gasteiger partial charge on any atom is 0.413 e. The van der Waals surface area contributed by atoms with Crippen molar-refractivity contribution in [2.24, 2.45) is 0 Å². The van der Waals surface area contributed by atoms with Gasteiger partial charge in [-0.2, -0.15) is 0 Å². The summed E-state index contributed by atoms with van der Waals surface area (Å²) in [6.45, 7) is 5.07. The second-order valence-electron chi connectivity index (χ2n) is 4.55. The summed E-state index contributed by atoms with van der Waals surface area (Å²) in [5.41, 5.74) is 4.37. The van der Waals surface area contributed by atoms with Gasteiger partial charge in [0.2, 0.25) is 0 Å². The van der Waals surface area contributed by atoms with Crippen molar-refractivity contribution < 1.29 is 14.6 Å². The number of nitrogens with zero attached hydrogens (tertiary/aromatic N) is 2. The number of carbonyl (C=O) groups excluding carboxylic acids is 1. The minimum absolute atomic E-state index is 0.140. The predicted octanol–water partition coefficient (Wildman–Crippen LogP) is 0.745. The fraction of sp³-hybridized carbons (Fsp3) is 0.400. The number of amides is 1. The molecule has 0 bridgehead atoms. The van der Waals surface area contributed by atoms with E-state index in [9.17, 15) is 9.90 Å². The van der Waals surface area contributed by atoms with Crippen molar-refractivity contribution in [3.05, 3.63) is 10.8 Å². The molecule has 104 valence electrons. The predicted molar refractivity (Wildman–Crippen MR) is 68.1 cm³/mol. The van der Waals surface area contributed by atoms with Gasteiger partial charge in [-0.15, -0.1) is 0 Å². The van der Waals surface area contributed by atoms with Crippen molar-refractivity contribution in [3.63, 3.8) is 0 Å². The monoisotopic (exact) mass is 286 g/mol. The molecule has 1 heterocycles. The number of nitrogen functional groups attached to an aromatic ring is 1. The lowest BCUT2D eigenvalue weighted by Crippen LogP contribution is -2.28. The Balaban J connectivity index is 2.95. The zero-order valence-electron chi connectivity index (χ0n) is 10.6. The van der Waals surface area contributed by atoms with E-state index >= 15 is 0 Å². The van der Waals surface area contributed by atoms with E-state index in [4.69, 9.17) is 27.5 Å². The fourth-order valence-electron chi connectivity index (χ4n) is 1.07. The lowest BCUT2D eigenvalue weighted by atomic mass is 10.2. The molecule has 0 aliphatic carbocycles. The number of rotatable bonds is 2. The standard InChI is InChI=1S/C10H14ClN5O3/c1-10(2,3)19-9(18)16-8-5(11)14-4(7(13)17)6(12)15-8/h1-3H3,(H2,13,17)(H3,12,15,16,18)/p-1. The van der Waals surface area contributed by atoms with Gasteiger partial charge in [-0.1, -0.05) is 11.6 Å². The molecule has 0 fully saturated rings. The van der Waals surface area contributed by atoms with E-state index in [1.165, 1.54) is 0 Å². The number of anilines is 2. The molecule has 4 N–H and O–H groups in total. The highest BCUT2D eigenvalue weighted by Gasteiger charge is 2.19. The van der Waals surface area contributed by atoms with Gasteiger partial charge in [0.25, 0.3) is 0 Å². The third-order valence-corrected chi connectivity index (χ3v) is 1.98. The summed E-state index contributed by atoms with van der Waals surface area (Å²) >= 11 is 5.73. The third kappa shape index (κ3) is 4.25. The SMILES string of the molecule is CC(C)(C)OC(=O)Nc1nc(N)c(C(=N)[O-])nc1Cl.